The summed E-state index contributed by atoms with van der Waals surface area (Å²) in [5.74, 6) is 0.358. The number of nitrogens with one attached hydrogen (secondary N) is 1. The van der Waals surface area contributed by atoms with Gasteiger partial charge in [0.15, 0.2) is 0 Å². The van der Waals surface area contributed by atoms with Gasteiger partial charge in [-0.05, 0) is 88.8 Å². The molecule has 3 rings (SSSR count). The zero-order valence-electron chi connectivity index (χ0n) is 15.5. The highest BCUT2D eigenvalue weighted by molar-refractivity contribution is 14.1. The minimum absolute atomic E-state index is 0.327. The molecule has 6 nitrogen and oxygen atoms in total. The second kappa shape index (κ2) is 9.83. The van der Waals surface area contributed by atoms with Gasteiger partial charge in [-0.3, -0.25) is 4.79 Å². The number of hydrogen-bond donors (Lipinski definition) is 1. The summed E-state index contributed by atoms with van der Waals surface area (Å²) in [5, 5.41) is 3.95. The normalized spacial score (nSPS) is 10.6. The number of amides is 1. The summed E-state index contributed by atoms with van der Waals surface area (Å²) in [6, 6.07) is 20.7. The van der Waals surface area contributed by atoms with Crippen LogP contribution in [0, 0.1) is 3.57 Å². The Balaban J connectivity index is 1.56. The fourth-order valence-corrected chi connectivity index (χ4v) is 2.99. The van der Waals surface area contributed by atoms with Crippen LogP contribution < -0.4 is 14.9 Å². The van der Waals surface area contributed by atoms with Crippen molar-refractivity contribution in [3.8, 4) is 11.5 Å². The van der Waals surface area contributed by atoms with Gasteiger partial charge in [-0.2, -0.15) is 5.10 Å². The van der Waals surface area contributed by atoms with Gasteiger partial charge in [-0.1, -0.05) is 12.1 Å². The van der Waals surface area contributed by atoms with Crippen LogP contribution >= 0.6 is 22.6 Å². The van der Waals surface area contributed by atoms with Crippen molar-refractivity contribution in [3.63, 3.8) is 0 Å². The number of rotatable bonds is 6. The van der Waals surface area contributed by atoms with Crippen LogP contribution in [0.5, 0.6) is 11.5 Å². The molecule has 0 aliphatic rings. The first-order valence-corrected chi connectivity index (χ1v) is 9.69. The summed E-state index contributed by atoms with van der Waals surface area (Å²) < 4.78 is 11.3. The van der Waals surface area contributed by atoms with Crippen LogP contribution in [0.3, 0.4) is 0 Å². The number of carbonyl (C=O) groups is 2. The minimum Gasteiger partial charge on any atom is -0.497 e. The predicted octanol–water partition coefficient (Wildman–Crippen LogP) is 4.28. The number of benzene rings is 3. The molecule has 0 saturated heterocycles. The van der Waals surface area contributed by atoms with E-state index in [1.807, 2.05) is 12.1 Å². The van der Waals surface area contributed by atoms with Gasteiger partial charge in [0.2, 0.25) is 0 Å². The number of hydrazone groups is 1. The maximum absolute atomic E-state index is 12.2. The highest BCUT2D eigenvalue weighted by Crippen LogP contribution is 2.17. The number of halogens is 1. The van der Waals surface area contributed by atoms with Crippen molar-refractivity contribution in [2.45, 2.75) is 0 Å². The van der Waals surface area contributed by atoms with Crippen molar-refractivity contribution in [3.05, 3.63) is 93.1 Å². The summed E-state index contributed by atoms with van der Waals surface area (Å²) in [6.07, 6.45) is 1.51. The number of methoxy groups -OCH3 is 1. The van der Waals surface area contributed by atoms with Crippen molar-refractivity contribution in [2.24, 2.45) is 5.10 Å². The zero-order valence-corrected chi connectivity index (χ0v) is 17.6. The Hall–Kier alpha value is -3.20. The molecule has 0 bridgehead atoms. The fraction of sp³-hybridized carbons (Fsp3) is 0.0455. The topological polar surface area (TPSA) is 77.0 Å². The Labute approximate surface area is 181 Å². The largest absolute Gasteiger partial charge is 0.497 e. The first kappa shape index (κ1) is 20.5. The molecule has 0 atom stereocenters. The highest BCUT2D eigenvalue weighted by atomic mass is 127. The molecule has 0 heterocycles. The van der Waals surface area contributed by atoms with Crippen LogP contribution in [0.1, 0.15) is 26.3 Å². The molecule has 0 aliphatic heterocycles. The number of hydrogen-bond acceptors (Lipinski definition) is 5. The molecule has 0 radical (unpaired) electrons. The molecule has 146 valence electrons. The molecular weight excluding hydrogens is 483 g/mol. The third-order valence-electron chi connectivity index (χ3n) is 3.92. The lowest BCUT2D eigenvalue weighted by molar-refractivity contribution is 0.0733. The van der Waals surface area contributed by atoms with Crippen LogP contribution in [-0.2, 0) is 0 Å². The lowest BCUT2D eigenvalue weighted by Gasteiger charge is -2.06. The number of esters is 1. The molecule has 7 heteroatoms. The molecule has 3 aromatic rings. The molecule has 0 aliphatic carbocycles. The van der Waals surface area contributed by atoms with Gasteiger partial charge in [0, 0.05) is 9.13 Å². The van der Waals surface area contributed by atoms with Gasteiger partial charge in [0.1, 0.15) is 11.5 Å². The van der Waals surface area contributed by atoms with Crippen LogP contribution in [0.2, 0.25) is 0 Å². The monoisotopic (exact) mass is 500 g/mol. The lowest BCUT2D eigenvalue weighted by atomic mass is 10.2. The second-order valence-electron chi connectivity index (χ2n) is 5.87. The molecule has 29 heavy (non-hydrogen) atoms. The molecule has 0 aromatic heterocycles. The van der Waals surface area contributed by atoms with Crippen molar-refractivity contribution in [2.75, 3.05) is 7.11 Å². The summed E-state index contributed by atoms with van der Waals surface area (Å²) in [7, 11) is 1.56. The highest BCUT2D eigenvalue weighted by Gasteiger charge is 2.11. The second-order valence-corrected chi connectivity index (χ2v) is 7.03. The zero-order chi connectivity index (χ0) is 20.6. The number of carbonyl (C=O) groups excluding carboxylic acids is 2. The van der Waals surface area contributed by atoms with Gasteiger partial charge in [-0.25, -0.2) is 10.2 Å². The van der Waals surface area contributed by atoms with E-state index in [9.17, 15) is 9.59 Å². The van der Waals surface area contributed by atoms with E-state index >= 15 is 0 Å². The molecule has 0 saturated carbocycles. The first-order valence-electron chi connectivity index (χ1n) is 8.61. The Morgan fingerprint density at radius 1 is 0.931 bits per heavy atom. The summed E-state index contributed by atoms with van der Waals surface area (Å²) in [5.41, 5.74) is 4.19. The summed E-state index contributed by atoms with van der Waals surface area (Å²) >= 11 is 2.09. The van der Waals surface area contributed by atoms with Gasteiger partial charge in [0.25, 0.3) is 5.91 Å². The van der Waals surface area contributed by atoms with Crippen LogP contribution in [0.15, 0.2) is 77.9 Å². The van der Waals surface area contributed by atoms with Crippen molar-refractivity contribution in [1.82, 2.24) is 5.43 Å². The fourth-order valence-electron chi connectivity index (χ4n) is 2.38. The van der Waals surface area contributed by atoms with Crippen molar-refractivity contribution >= 4 is 40.7 Å². The summed E-state index contributed by atoms with van der Waals surface area (Å²) in [6.45, 7) is 0. The van der Waals surface area contributed by atoms with Crippen molar-refractivity contribution < 1.29 is 19.1 Å². The van der Waals surface area contributed by atoms with E-state index in [1.54, 1.807) is 67.8 Å². The van der Waals surface area contributed by atoms with Crippen LogP contribution in [0.4, 0.5) is 0 Å². The van der Waals surface area contributed by atoms with Crippen LogP contribution in [0.25, 0.3) is 0 Å². The van der Waals surface area contributed by atoms with E-state index in [1.165, 1.54) is 6.21 Å². The van der Waals surface area contributed by atoms with Gasteiger partial charge in [-0.15, -0.1) is 0 Å². The van der Waals surface area contributed by atoms with E-state index in [-0.39, 0.29) is 5.91 Å². The molecule has 0 unspecified atom stereocenters. The molecule has 1 N–H and O–H groups in total. The quantitative estimate of drug-likeness (QED) is 0.180. The van der Waals surface area contributed by atoms with E-state index in [0.717, 1.165) is 9.13 Å². The maximum Gasteiger partial charge on any atom is 0.344 e. The molecule has 0 fully saturated rings. The molecule has 1 amide bonds. The van der Waals surface area contributed by atoms with Gasteiger partial charge >= 0.3 is 5.97 Å². The standard InChI is InChI=1S/C22H17IN2O4/c1-28-17-12-8-16(9-13-17)21(26)25-24-14-15-6-10-18(11-7-15)29-22(27)19-4-2-3-5-20(19)23/h2-14H,1H3,(H,25,26)/b24-14-. The first-order chi connectivity index (χ1) is 14.1. The van der Waals surface area contributed by atoms with Gasteiger partial charge < -0.3 is 9.47 Å². The molecular formula is C22H17IN2O4. The van der Waals surface area contributed by atoms with E-state index in [0.29, 0.717) is 22.6 Å². The van der Waals surface area contributed by atoms with E-state index < -0.39 is 5.97 Å². The van der Waals surface area contributed by atoms with Crippen molar-refractivity contribution in [1.29, 1.82) is 0 Å². The molecule has 0 spiro atoms. The third-order valence-corrected chi connectivity index (χ3v) is 4.86. The average Bonchev–Trinajstić information content (AvgIpc) is 2.75. The summed E-state index contributed by atoms with van der Waals surface area (Å²) in [4.78, 5) is 24.3. The Morgan fingerprint density at radius 3 is 2.24 bits per heavy atom. The number of ether oxygens (including phenoxy) is 2. The van der Waals surface area contributed by atoms with E-state index in [4.69, 9.17) is 9.47 Å². The third kappa shape index (κ3) is 5.64. The Morgan fingerprint density at radius 2 is 1.59 bits per heavy atom. The Kier molecular flexibility index (Phi) is 6.96. The van der Waals surface area contributed by atoms with Crippen LogP contribution in [-0.4, -0.2) is 25.2 Å². The average molecular weight is 500 g/mol. The smallest absolute Gasteiger partial charge is 0.344 e. The Bertz CT molecular complexity index is 1030. The SMILES string of the molecule is COc1ccc(C(=O)N/N=C\c2ccc(OC(=O)c3ccccc3I)cc2)cc1. The maximum atomic E-state index is 12.2. The lowest BCUT2D eigenvalue weighted by Crippen LogP contribution is -2.17. The predicted molar refractivity (Wildman–Crippen MR) is 119 cm³/mol. The molecule has 3 aromatic carbocycles. The van der Waals surface area contributed by atoms with Gasteiger partial charge in [0.05, 0.1) is 18.9 Å². The minimum atomic E-state index is -0.414. The number of nitrogens with zero attached hydrogens (tertiary/aromatic N) is 1. The van der Waals surface area contributed by atoms with E-state index in [2.05, 4.69) is 33.1 Å².